The number of hydrogen-bond donors (Lipinski definition) is 1. The van der Waals surface area contributed by atoms with Crippen molar-refractivity contribution in [1.29, 1.82) is 0 Å². The zero-order valence-electron chi connectivity index (χ0n) is 16.5. The van der Waals surface area contributed by atoms with Crippen molar-refractivity contribution in [3.05, 3.63) is 0 Å². The minimum atomic E-state index is -1.70. The molecule has 1 aliphatic heterocycles. The SMILES string of the molecule is CC(C)(C)[Si](C)(C)OC[C@H]1CCOC(=O)N1.CCCCCCCI. The Kier molecular flexibility index (Phi) is 12.6. The quantitative estimate of drug-likeness (QED) is 0.208. The van der Waals surface area contributed by atoms with Gasteiger partial charge in [-0.15, -0.1) is 0 Å². The van der Waals surface area contributed by atoms with E-state index in [1.165, 1.54) is 36.5 Å². The topological polar surface area (TPSA) is 47.6 Å². The zero-order valence-corrected chi connectivity index (χ0v) is 19.7. The largest absolute Gasteiger partial charge is 0.449 e. The molecule has 0 saturated carbocycles. The van der Waals surface area contributed by atoms with Gasteiger partial charge in [-0.2, -0.15) is 0 Å². The number of alkyl halides is 1. The molecule has 0 aliphatic carbocycles. The summed E-state index contributed by atoms with van der Waals surface area (Å²) >= 11 is 2.44. The van der Waals surface area contributed by atoms with Gasteiger partial charge in [0.1, 0.15) is 0 Å². The van der Waals surface area contributed by atoms with Crippen LogP contribution in [0.3, 0.4) is 0 Å². The molecule has 1 N–H and O–H groups in total. The molecule has 1 rings (SSSR count). The fraction of sp³-hybridized carbons (Fsp3) is 0.944. The highest BCUT2D eigenvalue weighted by Gasteiger charge is 2.37. The van der Waals surface area contributed by atoms with Gasteiger partial charge in [0.2, 0.25) is 0 Å². The van der Waals surface area contributed by atoms with E-state index in [1.807, 2.05) is 0 Å². The van der Waals surface area contributed by atoms with Crippen molar-refractivity contribution < 1.29 is 14.0 Å². The van der Waals surface area contributed by atoms with Crippen molar-refractivity contribution >= 4 is 37.0 Å². The third kappa shape index (κ3) is 10.9. The van der Waals surface area contributed by atoms with Crippen molar-refractivity contribution in [2.75, 3.05) is 17.6 Å². The highest BCUT2D eigenvalue weighted by molar-refractivity contribution is 14.1. The first-order valence-electron chi connectivity index (χ1n) is 9.27. The van der Waals surface area contributed by atoms with Gasteiger partial charge in [-0.1, -0.05) is 76.0 Å². The summed E-state index contributed by atoms with van der Waals surface area (Å²) in [6.07, 6.45) is 7.60. The normalized spacial score (nSPS) is 18.3. The predicted octanol–water partition coefficient (Wildman–Crippen LogP) is 5.90. The molecule has 1 fully saturated rings. The van der Waals surface area contributed by atoms with Gasteiger partial charge in [-0.05, 0) is 29.0 Å². The number of alkyl carbamates (subject to hydrolysis) is 1. The van der Waals surface area contributed by atoms with Crippen LogP contribution in [0.2, 0.25) is 18.1 Å². The van der Waals surface area contributed by atoms with Crippen LogP contribution in [0.5, 0.6) is 0 Å². The second-order valence-corrected chi connectivity index (χ2v) is 13.8. The predicted molar refractivity (Wildman–Crippen MR) is 114 cm³/mol. The molecular formula is C18H38INO3Si. The Balaban J connectivity index is 0.000000561. The average Bonchev–Trinajstić information content (AvgIpc) is 2.49. The lowest BCUT2D eigenvalue weighted by molar-refractivity contribution is 0.101. The van der Waals surface area contributed by atoms with Crippen LogP contribution in [-0.4, -0.2) is 38.1 Å². The van der Waals surface area contributed by atoms with Crippen molar-refractivity contribution in [3.63, 3.8) is 0 Å². The van der Waals surface area contributed by atoms with Gasteiger partial charge in [0.05, 0.1) is 19.3 Å². The van der Waals surface area contributed by atoms with Crippen molar-refractivity contribution in [3.8, 4) is 0 Å². The number of amides is 1. The van der Waals surface area contributed by atoms with E-state index in [4.69, 9.17) is 9.16 Å². The van der Waals surface area contributed by atoms with Gasteiger partial charge in [-0.25, -0.2) is 4.79 Å². The molecule has 1 aliphatic rings. The van der Waals surface area contributed by atoms with Crippen LogP contribution in [0.25, 0.3) is 0 Å². The maximum atomic E-state index is 11.0. The first kappa shape index (κ1) is 24.2. The molecule has 0 aromatic heterocycles. The first-order valence-corrected chi connectivity index (χ1v) is 13.7. The van der Waals surface area contributed by atoms with E-state index < -0.39 is 8.32 Å². The van der Waals surface area contributed by atoms with E-state index in [0.29, 0.717) is 13.2 Å². The minimum absolute atomic E-state index is 0.107. The second-order valence-electron chi connectivity index (χ2n) is 7.94. The Labute approximate surface area is 164 Å². The molecular weight excluding hydrogens is 433 g/mol. The Morgan fingerprint density at radius 1 is 1.25 bits per heavy atom. The number of ether oxygens (including phenoxy) is 1. The Hall–Kier alpha value is 0.177. The van der Waals surface area contributed by atoms with Crippen molar-refractivity contribution in [2.24, 2.45) is 0 Å². The summed E-state index contributed by atoms with van der Waals surface area (Å²) in [7, 11) is -1.70. The summed E-state index contributed by atoms with van der Waals surface area (Å²) in [5.74, 6) is 0. The van der Waals surface area contributed by atoms with Crippen LogP contribution in [0.4, 0.5) is 4.79 Å². The molecule has 0 bridgehead atoms. The molecule has 24 heavy (non-hydrogen) atoms. The standard InChI is InChI=1S/C11H23NO3Si.C7H15I/c1-11(2,3)16(4,5)15-8-9-6-7-14-10(13)12-9;1-2-3-4-5-6-7-8/h9H,6-8H2,1-5H3,(H,12,13);2-7H2,1H3/t9-;/m1./s1. The molecule has 1 atom stereocenters. The van der Waals surface area contributed by atoms with Gasteiger partial charge in [0, 0.05) is 6.42 Å². The Morgan fingerprint density at radius 2 is 1.88 bits per heavy atom. The molecule has 0 aromatic carbocycles. The van der Waals surface area contributed by atoms with Crippen molar-refractivity contribution in [2.45, 2.75) is 90.4 Å². The summed E-state index contributed by atoms with van der Waals surface area (Å²) in [5.41, 5.74) is 0. The monoisotopic (exact) mass is 471 g/mol. The van der Waals surface area contributed by atoms with E-state index in [1.54, 1.807) is 0 Å². The van der Waals surface area contributed by atoms with Crippen molar-refractivity contribution in [1.82, 2.24) is 5.32 Å². The molecule has 0 radical (unpaired) electrons. The molecule has 1 amide bonds. The van der Waals surface area contributed by atoms with Crippen LogP contribution < -0.4 is 5.32 Å². The molecule has 1 heterocycles. The third-order valence-electron chi connectivity index (χ3n) is 4.71. The summed E-state index contributed by atoms with van der Waals surface area (Å²) in [4.78, 5) is 11.0. The van der Waals surface area contributed by atoms with E-state index in [9.17, 15) is 4.79 Å². The highest BCUT2D eigenvalue weighted by atomic mass is 127. The minimum Gasteiger partial charge on any atom is -0.449 e. The average molecular weight is 471 g/mol. The van der Waals surface area contributed by atoms with E-state index in [2.05, 4.69) is 68.7 Å². The summed E-state index contributed by atoms with van der Waals surface area (Å²) in [6, 6.07) is 0.107. The van der Waals surface area contributed by atoms with E-state index in [-0.39, 0.29) is 17.2 Å². The van der Waals surface area contributed by atoms with Crippen LogP contribution >= 0.6 is 22.6 Å². The van der Waals surface area contributed by atoms with E-state index >= 15 is 0 Å². The lowest BCUT2D eigenvalue weighted by atomic mass is 10.2. The lowest BCUT2D eigenvalue weighted by Gasteiger charge is -2.37. The van der Waals surface area contributed by atoms with Gasteiger partial charge in [0.15, 0.2) is 8.32 Å². The summed E-state index contributed by atoms with van der Waals surface area (Å²) < 4.78 is 12.2. The molecule has 4 nitrogen and oxygen atoms in total. The van der Waals surface area contributed by atoms with Crippen LogP contribution in [-0.2, 0) is 9.16 Å². The summed E-state index contributed by atoms with van der Waals surface area (Å²) in [5, 5.41) is 2.99. The molecule has 6 heteroatoms. The number of cyclic esters (lactones) is 1. The number of unbranched alkanes of at least 4 members (excludes halogenated alkanes) is 4. The smallest absolute Gasteiger partial charge is 0.407 e. The van der Waals surface area contributed by atoms with Gasteiger partial charge < -0.3 is 14.5 Å². The van der Waals surface area contributed by atoms with Gasteiger partial charge in [0.25, 0.3) is 0 Å². The third-order valence-corrected chi connectivity index (χ3v) is 9.97. The molecule has 0 spiro atoms. The fourth-order valence-corrected chi connectivity index (χ4v) is 3.51. The number of nitrogens with one attached hydrogen (secondary N) is 1. The zero-order chi connectivity index (χ0) is 18.6. The van der Waals surface area contributed by atoms with Crippen LogP contribution in [0, 0.1) is 0 Å². The second kappa shape index (κ2) is 12.5. The lowest BCUT2D eigenvalue weighted by Crippen LogP contribution is -2.48. The fourth-order valence-electron chi connectivity index (χ4n) is 1.92. The van der Waals surface area contributed by atoms with E-state index in [0.717, 1.165) is 6.42 Å². The molecule has 1 saturated heterocycles. The van der Waals surface area contributed by atoms with Gasteiger partial charge >= 0.3 is 6.09 Å². The number of carbonyl (C=O) groups excluding carboxylic acids is 1. The van der Waals surface area contributed by atoms with Crippen LogP contribution in [0.15, 0.2) is 0 Å². The number of halogens is 1. The Morgan fingerprint density at radius 3 is 2.38 bits per heavy atom. The Bertz CT molecular complexity index is 340. The highest BCUT2D eigenvalue weighted by Crippen LogP contribution is 2.36. The molecule has 0 aromatic rings. The maximum Gasteiger partial charge on any atom is 0.407 e. The number of hydrogen-bond acceptors (Lipinski definition) is 3. The number of carbonyl (C=O) groups is 1. The molecule has 0 unspecified atom stereocenters. The first-order chi connectivity index (χ1) is 11.1. The van der Waals surface area contributed by atoms with Gasteiger partial charge in [-0.3, -0.25) is 0 Å². The number of rotatable bonds is 8. The maximum absolute atomic E-state index is 11.0. The summed E-state index contributed by atoms with van der Waals surface area (Å²) in [6.45, 7) is 14.4. The molecule has 144 valence electrons. The van der Waals surface area contributed by atoms with Crippen LogP contribution in [0.1, 0.15) is 66.2 Å².